The Morgan fingerprint density at radius 2 is 1.61 bits per heavy atom. The zero-order valence-electron chi connectivity index (χ0n) is 36.3. The van der Waals surface area contributed by atoms with Crippen LogP contribution in [0.2, 0.25) is 0 Å². The summed E-state index contributed by atoms with van der Waals surface area (Å²) in [6, 6.07) is 18.3. The fourth-order valence-corrected chi connectivity index (χ4v) is 10.4. The van der Waals surface area contributed by atoms with Crippen LogP contribution in [0.1, 0.15) is 74.3 Å². The first-order chi connectivity index (χ1) is 31.1. The molecular formula is C48H54FN11O4. The maximum Gasteiger partial charge on any atom is 0.329 e. The molecule has 6 aromatic rings. The maximum atomic E-state index is 14.4. The number of piperidine rings is 3. The van der Waals surface area contributed by atoms with Crippen LogP contribution in [0.15, 0.2) is 84.0 Å². The van der Waals surface area contributed by atoms with Crippen LogP contribution in [0.4, 0.5) is 15.9 Å². The summed E-state index contributed by atoms with van der Waals surface area (Å²) in [7, 11) is 1.75. The van der Waals surface area contributed by atoms with Gasteiger partial charge >= 0.3 is 5.69 Å². The summed E-state index contributed by atoms with van der Waals surface area (Å²) in [4.78, 5) is 51.3. The van der Waals surface area contributed by atoms with E-state index in [1.165, 1.54) is 40.9 Å². The molecule has 7 heterocycles. The topological polar surface area (TPSA) is 162 Å². The lowest BCUT2D eigenvalue weighted by Crippen LogP contribution is -2.44. The normalized spacial score (nSPS) is 19.6. The number of amides is 2. The SMILES string of the molecule is C[C@@H](Oc1cc(-c2cccc3c2CN(CC2CCN(CC4CCN(c5ccc6c(c5)n(C)c(=O)n6C5CCC(=O)NC5=O)CC4)CC2)C3)cnc1N)c1cc(F)ccc1-n1nccn1. The van der Waals surface area contributed by atoms with Crippen molar-refractivity contribution in [1.82, 2.24) is 44.2 Å². The van der Waals surface area contributed by atoms with Gasteiger partial charge in [-0.05, 0) is 123 Å². The zero-order valence-corrected chi connectivity index (χ0v) is 36.3. The summed E-state index contributed by atoms with van der Waals surface area (Å²) in [6.07, 6.45) is 9.58. The number of hydrogen-bond acceptors (Lipinski definition) is 11. The molecular weight excluding hydrogens is 814 g/mol. The summed E-state index contributed by atoms with van der Waals surface area (Å²) in [5.41, 5.74) is 14.6. The van der Waals surface area contributed by atoms with Gasteiger partial charge < -0.3 is 20.3 Å². The molecule has 2 amide bonds. The molecule has 3 N–H and O–H groups in total. The molecule has 10 rings (SSSR count). The van der Waals surface area contributed by atoms with Crippen molar-refractivity contribution in [3.05, 3.63) is 112 Å². The van der Waals surface area contributed by atoms with E-state index in [-0.39, 0.29) is 29.7 Å². The van der Waals surface area contributed by atoms with E-state index in [2.05, 4.69) is 65.5 Å². The van der Waals surface area contributed by atoms with Crippen molar-refractivity contribution in [1.29, 1.82) is 0 Å². The van der Waals surface area contributed by atoms with Crippen LogP contribution in [0.25, 0.3) is 27.8 Å². The van der Waals surface area contributed by atoms with Crippen molar-refractivity contribution in [2.24, 2.45) is 18.9 Å². The Morgan fingerprint density at radius 3 is 2.38 bits per heavy atom. The molecule has 3 saturated heterocycles. The van der Waals surface area contributed by atoms with Gasteiger partial charge in [0, 0.05) is 75.7 Å². The van der Waals surface area contributed by atoms with E-state index < -0.39 is 18.1 Å². The van der Waals surface area contributed by atoms with Crippen molar-refractivity contribution in [3.8, 4) is 22.6 Å². The Morgan fingerprint density at radius 1 is 0.859 bits per heavy atom. The average Bonchev–Trinajstić information content (AvgIpc) is 4.04. The van der Waals surface area contributed by atoms with Gasteiger partial charge in [-0.1, -0.05) is 18.2 Å². The number of benzene rings is 3. The number of fused-ring (bicyclic) bond motifs is 2. The Hall–Kier alpha value is -6.39. The molecule has 4 aliphatic rings. The number of hydrogen-bond donors (Lipinski definition) is 2. The molecule has 4 aliphatic heterocycles. The highest BCUT2D eigenvalue weighted by atomic mass is 19.1. The van der Waals surface area contributed by atoms with Gasteiger partial charge in [0.05, 0.1) is 29.1 Å². The van der Waals surface area contributed by atoms with Gasteiger partial charge in [0.25, 0.3) is 0 Å². The molecule has 3 aromatic heterocycles. The first kappa shape index (κ1) is 41.6. The van der Waals surface area contributed by atoms with Gasteiger partial charge in [-0.25, -0.2) is 14.2 Å². The minimum absolute atomic E-state index is 0.223. The third kappa shape index (κ3) is 8.15. The number of anilines is 2. The largest absolute Gasteiger partial charge is 0.482 e. The molecule has 2 atom stereocenters. The smallest absolute Gasteiger partial charge is 0.329 e. The fraction of sp³-hybridized carbons (Fsp3) is 0.417. The van der Waals surface area contributed by atoms with Crippen molar-refractivity contribution < 1.29 is 18.7 Å². The summed E-state index contributed by atoms with van der Waals surface area (Å²) in [5, 5.41) is 10.9. The quantitative estimate of drug-likeness (QED) is 0.152. The zero-order chi connectivity index (χ0) is 44.1. The molecule has 3 aromatic carbocycles. The van der Waals surface area contributed by atoms with Gasteiger partial charge in [0.15, 0.2) is 11.6 Å². The lowest BCUT2D eigenvalue weighted by Gasteiger charge is -2.39. The molecule has 1 unspecified atom stereocenters. The standard InChI is InChI=1S/C48H54FN11O4/c1-30(38-23-35(49)6-8-40(38)60-52-16-17-53-60)64-44-22-34(25-51-46(44)50)37-5-3-4-33-28-57(29-39(33)37)27-31-12-18-56(19-13-31)26-32-14-20-58(21-15-32)36-7-9-41-43(24-36)55(2)48(63)59(41)42-10-11-45(61)54-47(42)62/h3-9,16-17,22-25,30-32,42H,10-15,18-21,26-29H2,1-2H3,(H2,50,51)(H,54,61,62)/t30-,42?/m1/s1. The molecule has 64 heavy (non-hydrogen) atoms. The first-order valence-electron chi connectivity index (χ1n) is 22.5. The molecule has 0 bridgehead atoms. The molecule has 332 valence electrons. The third-order valence-corrected chi connectivity index (χ3v) is 13.9. The van der Waals surface area contributed by atoms with E-state index in [1.54, 1.807) is 40.8 Å². The second-order valence-corrected chi connectivity index (χ2v) is 18.0. The second kappa shape index (κ2) is 17.3. The van der Waals surface area contributed by atoms with Gasteiger partial charge in [0.1, 0.15) is 18.0 Å². The first-order valence-corrected chi connectivity index (χ1v) is 22.5. The lowest BCUT2D eigenvalue weighted by atomic mass is 9.92. The summed E-state index contributed by atoms with van der Waals surface area (Å²) in [6.45, 7) is 10.0. The number of halogens is 1. The number of imidazole rings is 1. The van der Waals surface area contributed by atoms with Crippen LogP contribution in [0.3, 0.4) is 0 Å². The maximum absolute atomic E-state index is 14.4. The van der Waals surface area contributed by atoms with Crippen molar-refractivity contribution in [2.45, 2.75) is 70.7 Å². The average molecular weight is 868 g/mol. The number of aromatic nitrogens is 6. The molecule has 15 nitrogen and oxygen atoms in total. The van der Waals surface area contributed by atoms with E-state index in [4.69, 9.17) is 10.5 Å². The summed E-state index contributed by atoms with van der Waals surface area (Å²) >= 11 is 0. The van der Waals surface area contributed by atoms with Gasteiger partial charge in [-0.15, -0.1) is 0 Å². The van der Waals surface area contributed by atoms with Gasteiger partial charge in [0.2, 0.25) is 11.8 Å². The number of ether oxygens (including phenoxy) is 1. The number of nitrogens with two attached hydrogens (primary N) is 1. The van der Waals surface area contributed by atoms with Crippen molar-refractivity contribution >= 4 is 34.4 Å². The molecule has 0 radical (unpaired) electrons. The Kier molecular flexibility index (Phi) is 11.2. The predicted molar refractivity (Wildman–Crippen MR) is 241 cm³/mol. The van der Waals surface area contributed by atoms with E-state index in [1.807, 2.05) is 19.1 Å². The third-order valence-electron chi connectivity index (χ3n) is 13.9. The number of nitrogen functional groups attached to an aromatic ring is 1. The van der Waals surface area contributed by atoms with E-state index >= 15 is 0 Å². The number of nitrogens with zero attached hydrogens (tertiary/aromatic N) is 9. The molecule has 0 saturated carbocycles. The Labute approximate surface area is 370 Å². The second-order valence-electron chi connectivity index (χ2n) is 18.0. The number of carbonyl (C=O) groups excluding carboxylic acids is 2. The highest BCUT2D eigenvalue weighted by Crippen LogP contribution is 2.38. The fourth-order valence-electron chi connectivity index (χ4n) is 10.4. The van der Waals surface area contributed by atoms with Crippen LogP contribution in [0.5, 0.6) is 5.75 Å². The van der Waals surface area contributed by atoms with Gasteiger partial charge in [-0.3, -0.25) is 28.9 Å². The Balaban J connectivity index is 0.718. The lowest BCUT2D eigenvalue weighted by molar-refractivity contribution is -0.135. The van der Waals surface area contributed by atoms with E-state index in [9.17, 15) is 18.8 Å². The van der Waals surface area contributed by atoms with Crippen LogP contribution >= 0.6 is 0 Å². The Bertz CT molecular complexity index is 2770. The molecule has 0 aliphatic carbocycles. The van der Waals surface area contributed by atoms with Crippen LogP contribution < -0.4 is 26.4 Å². The molecule has 3 fully saturated rings. The number of pyridine rings is 1. The summed E-state index contributed by atoms with van der Waals surface area (Å²) < 4.78 is 24.0. The predicted octanol–water partition coefficient (Wildman–Crippen LogP) is 5.77. The van der Waals surface area contributed by atoms with Crippen molar-refractivity contribution in [2.75, 3.05) is 49.9 Å². The highest BCUT2D eigenvalue weighted by Gasteiger charge is 2.33. The number of likely N-dealkylation sites (tertiary alicyclic amines) is 1. The van der Waals surface area contributed by atoms with E-state index in [0.717, 1.165) is 87.5 Å². The molecule has 0 spiro atoms. The van der Waals surface area contributed by atoms with Gasteiger partial charge in [-0.2, -0.15) is 15.0 Å². The summed E-state index contributed by atoms with van der Waals surface area (Å²) in [5.74, 6) is 0.913. The van der Waals surface area contributed by atoms with E-state index in [0.29, 0.717) is 40.8 Å². The monoisotopic (exact) mass is 867 g/mol. The number of carbonyl (C=O) groups is 2. The van der Waals surface area contributed by atoms with Crippen LogP contribution in [-0.2, 0) is 29.7 Å². The van der Waals surface area contributed by atoms with Crippen LogP contribution in [-0.4, -0.2) is 90.0 Å². The highest BCUT2D eigenvalue weighted by molar-refractivity contribution is 6.00. The van der Waals surface area contributed by atoms with Crippen LogP contribution in [0, 0.1) is 17.7 Å². The minimum Gasteiger partial charge on any atom is -0.482 e. The number of aryl methyl sites for hydroxylation is 1. The number of imide groups is 1. The number of rotatable bonds is 11. The molecule has 16 heteroatoms. The van der Waals surface area contributed by atoms with Crippen molar-refractivity contribution in [3.63, 3.8) is 0 Å². The minimum atomic E-state index is -0.684. The number of nitrogens with one attached hydrogen (secondary N) is 1.